The van der Waals surface area contributed by atoms with Gasteiger partial charge in [-0.25, -0.2) is 4.98 Å². The second-order valence-electron chi connectivity index (χ2n) is 10.7. The van der Waals surface area contributed by atoms with Crippen LogP contribution in [-0.2, 0) is 33.9 Å². The Hall–Kier alpha value is -3.39. The summed E-state index contributed by atoms with van der Waals surface area (Å²) in [4.78, 5) is 33.5. The van der Waals surface area contributed by atoms with Crippen molar-refractivity contribution in [2.75, 3.05) is 26.8 Å². The normalized spacial score (nSPS) is 20.2. The topological polar surface area (TPSA) is 85.7 Å². The number of carbonyl (C=O) groups is 2. The standard InChI is InChI=1S/C30H38N4O4/c1-22-20-38-26-13-6-3-9-23(26)10-7-8-14-30(29(36)31-22)15-17-33(18-16-30)28(35)19-34-25-12-5-4-11-24(25)32-27(34)21-37-2/h3-6,9,11-13,22H,7-8,10,14-21H2,1-2H3,(H,31,36)/t22-/m0/s1. The Labute approximate surface area is 224 Å². The van der Waals surface area contributed by atoms with Crippen LogP contribution in [0.15, 0.2) is 48.5 Å². The average Bonchev–Trinajstić information content (AvgIpc) is 3.27. The molecule has 8 nitrogen and oxygen atoms in total. The summed E-state index contributed by atoms with van der Waals surface area (Å²) in [6, 6.07) is 15.9. The summed E-state index contributed by atoms with van der Waals surface area (Å²) in [5.41, 5.74) is 2.56. The number of methoxy groups -OCH3 is 1. The first-order valence-corrected chi connectivity index (χ1v) is 13.7. The Balaban J connectivity index is 1.26. The number of aromatic nitrogens is 2. The maximum absolute atomic E-state index is 13.6. The number of ether oxygens (including phenoxy) is 2. The van der Waals surface area contributed by atoms with E-state index in [1.807, 2.05) is 52.8 Å². The summed E-state index contributed by atoms with van der Waals surface area (Å²) >= 11 is 0. The van der Waals surface area contributed by atoms with Crippen molar-refractivity contribution in [3.63, 3.8) is 0 Å². The summed E-state index contributed by atoms with van der Waals surface area (Å²) < 4.78 is 13.4. The number of nitrogens with one attached hydrogen (secondary N) is 1. The van der Waals surface area contributed by atoms with Gasteiger partial charge in [-0.05, 0) is 62.8 Å². The van der Waals surface area contributed by atoms with E-state index in [4.69, 9.17) is 9.47 Å². The molecule has 0 bridgehead atoms. The third-order valence-electron chi connectivity index (χ3n) is 8.05. The lowest BCUT2D eigenvalue weighted by molar-refractivity contribution is -0.142. The minimum absolute atomic E-state index is 0.0484. The monoisotopic (exact) mass is 518 g/mol. The number of benzene rings is 2. The second kappa shape index (κ2) is 11.6. The Morgan fingerprint density at radius 1 is 1.11 bits per heavy atom. The lowest BCUT2D eigenvalue weighted by atomic mass is 9.73. The molecule has 8 heteroatoms. The van der Waals surface area contributed by atoms with E-state index in [1.54, 1.807) is 7.11 Å². The van der Waals surface area contributed by atoms with Crippen molar-refractivity contribution in [1.82, 2.24) is 19.8 Å². The minimum Gasteiger partial charge on any atom is -0.491 e. The third-order valence-corrected chi connectivity index (χ3v) is 8.05. The van der Waals surface area contributed by atoms with E-state index in [-0.39, 0.29) is 24.4 Å². The van der Waals surface area contributed by atoms with Crippen LogP contribution in [0.25, 0.3) is 11.0 Å². The number of likely N-dealkylation sites (tertiary alicyclic amines) is 1. The zero-order valence-corrected chi connectivity index (χ0v) is 22.4. The van der Waals surface area contributed by atoms with Gasteiger partial charge in [0.05, 0.1) is 22.5 Å². The van der Waals surface area contributed by atoms with Crippen LogP contribution >= 0.6 is 0 Å². The molecule has 2 aliphatic rings. The van der Waals surface area contributed by atoms with Crippen molar-refractivity contribution in [2.45, 2.75) is 64.6 Å². The fourth-order valence-corrected chi connectivity index (χ4v) is 5.81. The molecule has 1 N–H and O–H groups in total. The van der Waals surface area contributed by atoms with Crippen molar-refractivity contribution >= 4 is 22.8 Å². The molecule has 1 atom stereocenters. The zero-order valence-electron chi connectivity index (χ0n) is 22.4. The van der Waals surface area contributed by atoms with Crippen LogP contribution < -0.4 is 10.1 Å². The van der Waals surface area contributed by atoms with Gasteiger partial charge in [-0.3, -0.25) is 9.59 Å². The number of hydrogen-bond acceptors (Lipinski definition) is 5. The second-order valence-corrected chi connectivity index (χ2v) is 10.7. The van der Waals surface area contributed by atoms with Crippen LogP contribution in [0.5, 0.6) is 5.75 Å². The lowest BCUT2D eigenvalue weighted by Gasteiger charge is -2.41. The summed E-state index contributed by atoms with van der Waals surface area (Å²) in [5, 5.41) is 3.22. The lowest BCUT2D eigenvalue weighted by Crippen LogP contribution is -2.53. The number of fused-ring (bicyclic) bond motifs is 2. The number of rotatable bonds is 4. The zero-order chi connectivity index (χ0) is 26.5. The first kappa shape index (κ1) is 26.2. The molecule has 2 aliphatic heterocycles. The van der Waals surface area contributed by atoms with E-state index in [2.05, 4.69) is 22.4 Å². The van der Waals surface area contributed by atoms with Gasteiger partial charge in [0.25, 0.3) is 0 Å². The molecule has 1 fully saturated rings. The Morgan fingerprint density at radius 2 is 1.87 bits per heavy atom. The van der Waals surface area contributed by atoms with Crippen LogP contribution in [0.3, 0.4) is 0 Å². The van der Waals surface area contributed by atoms with Gasteiger partial charge in [0.15, 0.2) is 0 Å². The molecule has 0 radical (unpaired) electrons. The van der Waals surface area contributed by atoms with E-state index in [0.717, 1.165) is 48.3 Å². The maximum atomic E-state index is 13.6. The molecule has 202 valence electrons. The largest absolute Gasteiger partial charge is 0.491 e. The van der Waals surface area contributed by atoms with Gasteiger partial charge >= 0.3 is 0 Å². The smallest absolute Gasteiger partial charge is 0.242 e. The predicted molar refractivity (Wildman–Crippen MR) is 146 cm³/mol. The van der Waals surface area contributed by atoms with Crippen LogP contribution in [0.1, 0.15) is 50.4 Å². The average molecular weight is 519 g/mol. The quantitative estimate of drug-likeness (QED) is 0.562. The van der Waals surface area contributed by atoms with E-state index >= 15 is 0 Å². The summed E-state index contributed by atoms with van der Waals surface area (Å²) in [6.07, 6.45) is 5.08. The Bertz CT molecular complexity index is 1280. The van der Waals surface area contributed by atoms with E-state index in [1.165, 1.54) is 5.56 Å². The fraction of sp³-hybridized carbons (Fsp3) is 0.500. The van der Waals surface area contributed by atoms with Crippen LogP contribution in [0.4, 0.5) is 0 Å². The number of amides is 2. The SMILES string of the molecule is COCc1nc2ccccc2n1CC(=O)N1CCC2(CCCCc3ccccc3OC[C@H](C)NC2=O)CC1. The number of para-hydroxylation sites is 3. The van der Waals surface area contributed by atoms with E-state index < -0.39 is 5.41 Å². The molecule has 0 saturated carbocycles. The van der Waals surface area contributed by atoms with Crippen LogP contribution in [0, 0.1) is 5.41 Å². The number of imidazole rings is 1. The molecule has 1 spiro atoms. The van der Waals surface area contributed by atoms with Crippen LogP contribution in [0.2, 0.25) is 0 Å². The molecule has 1 saturated heterocycles. The molecular formula is C30H38N4O4. The summed E-state index contributed by atoms with van der Waals surface area (Å²) in [7, 11) is 1.63. The number of hydrogen-bond donors (Lipinski definition) is 1. The molecule has 5 rings (SSSR count). The highest BCUT2D eigenvalue weighted by molar-refractivity contribution is 5.84. The van der Waals surface area contributed by atoms with E-state index in [0.29, 0.717) is 39.1 Å². The van der Waals surface area contributed by atoms with Crippen molar-refractivity contribution in [2.24, 2.45) is 5.41 Å². The fourth-order valence-electron chi connectivity index (χ4n) is 5.81. The maximum Gasteiger partial charge on any atom is 0.242 e. The van der Waals surface area contributed by atoms with Crippen molar-refractivity contribution in [3.05, 3.63) is 59.9 Å². The molecule has 2 aromatic carbocycles. The van der Waals surface area contributed by atoms with Gasteiger partial charge in [-0.1, -0.05) is 36.8 Å². The highest BCUT2D eigenvalue weighted by Crippen LogP contribution is 2.38. The Kier molecular flexibility index (Phi) is 7.98. The van der Waals surface area contributed by atoms with Gasteiger partial charge in [-0.2, -0.15) is 0 Å². The highest BCUT2D eigenvalue weighted by Gasteiger charge is 2.42. The number of nitrogens with zero attached hydrogens (tertiary/aromatic N) is 3. The molecule has 2 amide bonds. The van der Waals surface area contributed by atoms with Crippen molar-refractivity contribution in [1.29, 1.82) is 0 Å². The molecule has 3 heterocycles. The molecule has 38 heavy (non-hydrogen) atoms. The Morgan fingerprint density at radius 3 is 2.68 bits per heavy atom. The predicted octanol–water partition coefficient (Wildman–Crippen LogP) is 4.10. The number of piperidine rings is 1. The highest BCUT2D eigenvalue weighted by atomic mass is 16.5. The number of aryl methyl sites for hydroxylation is 1. The molecule has 3 aromatic rings. The molecular weight excluding hydrogens is 480 g/mol. The van der Waals surface area contributed by atoms with Gasteiger partial charge < -0.3 is 24.3 Å². The third kappa shape index (κ3) is 5.55. The van der Waals surface area contributed by atoms with Crippen molar-refractivity contribution < 1.29 is 19.1 Å². The first-order valence-electron chi connectivity index (χ1n) is 13.7. The summed E-state index contributed by atoms with van der Waals surface area (Å²) in [5.74, 6) is 1.80. The van der Waals surface area contributed by atoms with Crippen LogP contribution in [-0.4, -0.2) is 59.1 Å². The van der Waals surface area contributed by atoms with Gasteiger partial charge in [-0.15, -0.1) is 0 Å². The first-order chi connectivity index (χ1) is 18.5. The van der Waals surface area contributed by atoms with Gasteiger partial charge in [0, 0.05) is 20.2 Å². The molecule has 0 aliphatic carbocycles. The van der Waals surface area contributed by atoms with Gasteiger partial charge in [0.2, 0.25) is 11.8 Å². The molecule has 0 unspecified atom stereocenters. The van der Waals surface area contributed by atoms with E-state index in [9.17, 15) is 9.59 Å². The summed E-state index contributed by atoms with van der Waals surface area (Å²) in [6.45, 7) is 4.14. The minimum atomic E-state index is -0.452. The molecule has 1 aromatic heterocycles. The van der Waals surface area contributed by atoms with Gasteiger partial charge in [0.1, 0.15) is 31.3 Å². The van der Waals surface area contributed by atoms with Crippen molar-refractivity contribution in [3.8, 4) is 5.75 Å². The number of carbonyl (C=O) groups excluding carboxylic acids is 2.